The summed E-state index contributed by atoms with van der Waals surface area (Å²) in [4.78, 5) is 72.1. The fourth-order valence-corrected chi connectivity index (χ4v) is 10.5. The molecule has 2 saturated heterocycles. The van der Waals surface area contributed by atoms with E-state index in [0.717, 1.165) is 12.0 Å². The Morgan fingerprint density at radius 2 is 1.60 bits per heavy atom. The number of rotatable bonds is 9. The van der Waals surface area contributed by atoms with E-state index in [0.29, 0.717) is 63.4 Å². The third-order valence-electron chi connectivity index (χ3n) is 14.9. The number of cyclic esters (lactones) is 1. The molecule has 0 spiro atoms. The van der Waals surface area contributed by atoms with Gasteiger partial charge in [0.15, 0.2) is 11.6 Å². The number of esters is 1. The van der Waals surface area contributed by atoms with Gasteiger partial charge in [0, 0.05) is 58.5 Å². The number of piperidine rings is 1. The van der Waals surface area contributed by atoms with Crippen molar-refractivity contribution >= 4 is 29.2 Å². The van der Waals surface area contributed by atoms with E-state index in [1.165, 1.54) is 12.0 Å². The number of hydrogen-bond donors (Lipinski definition) is 3. The lowest BCUT2D eigenvalue weighted by molar-refractivity contribution is -0.265. The molecule has 3 N–H and O–H groups in total. The molecule has 3 fully saturated rings. The molecule has 4 aliphatic rings. The van der Waals surface area contributed by atoms with Crippen molar-refractivity contribution in [2.45, 2.75) is 180 Å². The molecule has 0 aromatic carbocycles. The first-order valence-corrected chi connectivity index (χ1v) is 25.0. The molecule has 68 heavy (non-hydrogen) atoms. The molecule has 15 nitrogen and oxygen atoms in total. The topological polar surface area (TPSA) is 205 Å². The monoisotopic (exact) mass is 958 g/mol. The van der Waals surface area contributed by atoms with E-state index in [9.17, 15) is 39.3 Å². The molecule has 15 atom stereocenters. The van der Waals surface area contributed by atoms with E-state index >= 15 is 0 Å². The van der Waals surface area contributed by atoms with E-state index < -0.39 is 77.8 Å². The highest BCUT2D eigenvalue weighted by Gasteiger charge is 2.53. The maximum absolute atomic E-state index is 14.5. The molecule has 1 aliphatic carbocycles. The van der Waals surface area contributed by atoms with Crippen LogP contribution in [0.5, 0.6) is 0 Å². The van der Waals surface area contributed by atoms with Crippen LogP contribution in [0.2, 0.25) is 0 Å². The van der Waals surface area contributed by atoms with Gasteiger partial charge in [-0.15, -0.1) is 0 Å². The maximum atomic E-state index is 14.5. The van der Waals surface area contributed by atoms with Crippen LogP contribution in [0, 0.1) is 35.5 Å². The number of ketones is 3. The summed E-state index contributed by atoms with van der Waals surface area (Å²) in [6.07, 6.45) is 12.0. The van der Waals surface area contributed by atoms with Crippen LogP contribution < -0.4 is 0 Å². The number of fused-ring (bicyclic) bond motifs is 3. The van der Waals surface area contributed by atoms with Crippen LogP contribution in [0.25, 0.3) is 0 Å². The summed E-state index contributed by atoms with van der Waals surface area (Å²) in [7, 11) is 4.59. The molecular formula is C53H83NO14. The number of ether oxygens (including phenoxy) is 6. The minimum atomic E-state index is -2.43. The van der Waals surface area contributed by atoms with Gasteiger partial charge in [-0.1, -0.05) is 71.1 Å². The zero-order valence-corrected chi connectivity index (χ0v) is 42.4. The number of nitrogens with zero attached hydrogens (tertiary/aromatic N) is 1. The summed E-state index contributed by atoms with van der Waals surface area (Å²) in [6, 6.07) is -1.15. The number of Topliss-reactive ketones (excluding diaryl/α,β-unsaturated/α-hetero) is 3. The zero-order valence-electron chi connectivity index (χ0n) is 42.4. The number of carbonyl (C=O) groups is 5. The third-order valence-corrected chi connectivity index (χ3v) is 14.9. The van der Waals surface area contributed by atoms with Crippen molar-refractivity contribution < 1.29 is 67.7 Å². The number of amides is 1. The second-order valence-electron chi connectivity index (χ2n) is 20.2. The first-order chi connectivity index (χ1) is 32.3. The molecular weight excluding hydrogens is 875 g/mol. The molecule has 0 radical (unpaired) electrons. The Morgan fingerprint density at radius 3 is 2.28 bits per heavy atom. The minimum Gasteiger partial charge on any atom is -0.460 e. The van der Waals surface area contributed by atoms with Crippen molar-refractivity contribution in [3.05, 3.63) is 47.6 Å². The molecule has 4 rings (SSSR count). The minimum absolute atomic E-state index is 0.0185. The van der Waals surface area contributed by atoms with Crippen molar-refractivity contribution in [1.29, 1.82) is 0 Å². The quantitative estimate of drug-likeness (QED) is 0.174. The van der Waals surface area contributed by atoms with Gasteiger partial charge in [0.2, 0.25) is 5.79 Å². The summed E-state index contributed by atoms with van der Waals surface area (Å²) in [6.45, 7) is 12.9. The number of hydrogen-bond acceptors (Lipinski definition) is 14. The van der Waals surface area contributed by atoms with Gasteiger partial charge < -0.3 is 48.6 Å². The van der Waals surface area contributed by atoms with Gasteiger partial charge in [0.1, 0.15) is 18.2 Å². The Bertz CT molecular complexity index is 1810. The number of allylic oxidation sites excluding steroid dienone is 6. The van der Waals surface area contributed by atoms with E-state index in [1.807, 2.05) is 58.1 Å². The highest BCUT2D eigenvalue weighted by atomic mass is 16.6. The maximum Gasteiger partial charge on any atom is 0.329 e. The zero-order chi connectivity index (χ0) is 50.3. The Kier molecular flexibility index (Phi) is 22.9. The Labute approximate surface area is 405 Å². The predicted octanol–water partition coefficient (Wildman–Crippen LogP) is 6.20. The molecule has 1 saturated carbocycles. The summed E-state index contributed by atoms with van der Waals surface area (Å²) in [5, 5.41) is 32.8. The highest BCUT2D eigenvalue weighted by Crippen LogP contribution is 2.38. The van der Waals surface area contributed by atoms with E-state index in [-0.39, 0.29) is 74.1 Å². The van der Waals surface area contributed by atoms with E-state index in [4.69, 9.17) is 28.4 Å². The second-order valence-corrected chi connectivity index (χ2v) is 20.2. The predicted molar refractivity (Wildman–Crippen MR) is 256 cm³/mol. The Morgan fingerprint density at radius 1 is 0.868 bits per heavy atom. The fourth-order valence-electron chi connectivity index (χ4n) is 10.5. The van der Waals surface area contributed by atoms with Crippen molar-refractivity contribution in [3.63, 3.8) is 0 Å². The van der Waals surface area contributed by atoms with Crippen LogP contribution in [0.15, 0.2) is 47.6 Å². The largest absolute Gasteiger partial charge is 0.460 e. The lowest BCUT2D eigenvalue weighted by Gasteiger charge is -2.42. The normalized spacial score (nSPS) is 36.7. The van der Waals surface area contributed by atoms with Gasteiger partial charge in [-0.05, 0) is 107 Å². The van der Waals surface area contributed by atoms with Crippen molar-refractivity contribution in [1.82, 2.24) is 4.90 Å². The molecule has 3 heterocycles. The number of aliphatic hydroxyl groups excluding tert-OH is 2. The second kappa shape index (κ2) is 27.3. The van der Waals surface area contributed by atoms with Crippen molar-refractivity contribution in [3.8, 4) is 0 Å². The molecule has 384 valence electrons. The number of aliphatic hydroxyl groups is 3. The van der Waals surface area contributed by atoms with Crippen molar-refractivity contribution in [2.24, 2.45) is 35.5 Å². The lowest BCUT2D eigenvalue weighted by Crippen LogP contribution is -2.61. The molecule has 15 heteroatoms. The third kappa shape index (κ3) is 15.3. The lowest BCUT2D eigenvalue weighted by atomic mass is 9.78. The molecule has 2 bridgehead atoms. The van der Waals surface area contributed by atoms with Crippen LogP contribution in [0.1, 0.15) is 126 Å². The Balaban J connectivity index is 1.70. The molecule has 1 unspecified atom stereocenters. The summed E-state index contributed by atoms with van der Waals surface area (Å²) in [5.74, 6) is -7.94. The van der Waals surface area contributed by atoms with Crippen LogP contribution in [-0.2, 0) is 52.4 Å². The van der Waals surface area contributed by atoms with Crippen LogP contribution >= 0.6 is 0 Å². The highest BCUT2D eigenvalue weighted by molar-refractivity contribution is 6.39. The smallest absolute Gasteiger partial charge is 0.329 e. The summed E-state index contributed by atoms with van der Waals surface area (Å²) >= 11 is 0. The molecule has 1 amide bonds. The molecule has 3 aliphatic heterocycles. The van der Waals surface area contributed by atoms with Gasteiger partial charge in [-0.25, -0.2) is 4.79 Å². The summed E-state index contributed by atoms with van der Waals surface area (Å²) in [5.41, 5.74) is 1.19. The van der Waals surface area contributed by atoms with Gasteiger partial charge in [0.25, 0.3) is 11.7 Å². The van der Waals surface area contributed by atoms with Crippen LogP contribution in [0.3, 0.4) is 0 Å². The van der Waals surface area contributed by atoms with Gasteiger partial charge in [0.05, 0.1) is 43.7 Å². The van der Waals surface area contributed by atoms with Gasteiger partial charge in [-0.3, -0.25) is 19.2 Å². The van der Waals surface area contributed by atoms with Gasteiger partial charge in [-0.2, -0.15) is 0 Å². The average molecular weight is 958 g/mol. The summed E-state index contributed by atoms with van der Waals surface area (Å²) < 4.78 is 35.6. The van der Waals surface area contributed by atoms with Gasteiger partial charge >= 0.3 is 5.97 Å². The van der Waals surface area contributed by atoms with Crippen LogP contribution in [0.4, 0.5) is 0 Å². The number of methoxy groups -OCH3 is 3. The molecule has 0 aromatic rings. The van der Waals surface area contributed by atoms with E-state index in [1.54, 1.807) is 41.1 Å². The van der Waals surface area contributed by atoms with E-state index in [2.05, 4.69) is 0 Å². The number of carbonyl (C=O) groups excluding carboxylic acids is 5. The first-order valence-electron chi connectivity index (χ1n) is 25.0. The average Bonchev–Trinajstić information content (AvgIpc) is 3.32. The standard InChI is InChI=1S/C53H83NO14/c1-32-16-12-11-13-17-33(2)44(63-8)30-40-21-19-38(7)53(62,68-40)50(59)51(60)54-23-15-14-18-41(54)52(61)67-45(35(4)28-39-20-22-43(66-25-24-55)46(29-39)64-9)31-42(56)34(3)27-37(6)48(58)49(65-10)47(57)36(5)26-32/h11-13,16-17,27,32,35-41,43-46,48-49,55,58,62H,14-15,18-26,28-31H2,1-10H3/t32-,35-,36+,37?,38-,39+,40+,41+,43-,44+,45+,46-,48-,49+,53-/m1/s1. The fraction of sp³-hybridized carbons (Fsp3) is 0.755. The molecule has 0 aromatic heterocycles. The van der Waals surface area contributed by atoms with Crippen LogP contribution in [-0.4, -0.2) is 145 Å². The van der Waals surface area contributed by atoms with Crippen molar-refractivity contribution in [2.75, 3.05) is 41.1 Å². The Hall–Kier alpha value is -3.41. The first kappa shape index (κ1) is 57.2. The SMILES string of the molecule is CO[C@H]1C[C@@H]2CC[C@@H](C)[C@@](O)(O2)C(=O)C(=O)N2CCCC[C@H]2C(=O)O[C@H]([C@H](C)C[C@@H]2CC[C@@H](OCCO)[C@H](OC)C2)CC(=O)C(C)=CC(C)[C@@H](O)[C@@H](OC)C(=O)[C@@H](C)C[C@H](C)C=CC=CC=C1C.